The van der Waals surface area contributed by atoms with Gasteiger partial charge < -0.3 is 10.1 Å². The molecule has 10 heteroatoms. The van der Waals surface area contributed by atoms with E-state index in [0.29, 0.717) is 22.4 Å². The maximum Gasteiger partial charge on any atom is 0.266 e. The quantitative estimate of drug-likeness (QED) is 0.255. The van der Waals surface area contributed by atoms with Crippen molar-refractivity contribution in [1.82, 2.24) is 15.8 Å². The summed E-state index contributed by atoms with van der Waals surface area (Å²) in [6.45, 7) is 0. The fourth-order valence-corrected chi connectivity index (χ4v) is 4.86. The second kappa shape index (κ2) is 10.3. The summed E-state index contributed by atoms with van der Waals surface area (Å²) in [5, 5.41) is 12.1. The van der Waals surface area contributed by atoms with Gasteiger partial charge in [-0.25, -0.2) is 13.9 Å². The molecule has 0 unspecified atom stereocenters. The Morgan fingerprint density at radius 2 is 1.54 bits per heavy atom. The van der Waals surface area contributed by atoms with Crippen molar-refractivity contribution in [2.45, 2.75) is 10.9 Å². The van der Waals surface area contributed by atoms with Crippen LogP contribution in [0, 0.1) is 0 Å². The summed E-state index contributed by atoms with van der Waals surface area (Å²) in [5.41, 5.74) is 2.20. The summed E-state index contributed by atoms with van der Waals surface area (Å²) < 4.78 is 31.7. The summed E-state index contributed by atoms with van der Waals surface area (Å²) in [6.07, 6.45) is 1.44. The number of amides is 2. The summed E-state index contributed by atoms with van der Waals surface area (Å²) in [4.78, 5) is 29.3. The Hall–Kier alpha value is -4.28. The smallest absolute Gasteiger partial charge is 0.266 e. The van der Waals surface area contributed by atoms with Gasteiger partial charge in [-0.1, -0.05) is 36.4 Å². The zero-order valence-corrected chi connectivity index (χ0v) is 19.1. The number of nitrogens with one attached hydrogen (secondary N) is 2. The van der Waals surface area contributed by atoms with Gasteiger partial charge in [0.1, 0.15) is 17.5 Å². The lowest BCUT2D eigenvalue weighted by atomic mass is 10.1. The number of nitrogens with zero attached hydrogens (tertiary/aromatic N) is 1. The fourth-order valence-electron chi connectivity index (χ4n) is 3.45. The first-order chi connectivity index (χ1) is 16.9. The Labute approximate surface area is 201 Å². The number of carbonyl (C=O) groups is 2. The monoisotopic (exact) mass is 491 g/mol. The molecular weight excluding hydrogens is 470 g/mol. The number of pyridine rings is 1. The highest BCUT2D eigenvalue weighted by molar-refractivity contribution is 7.91. The third-order valence-corrected chi connectivity index (χ3v) is 6.94. The van der Waals surface area contributed by atoms with E-state index in [0.717, 1.165) is 0 Å². The van der Waals surface area contributed by atoms with Crippen LogP contribution in [-0.2, 0) is 14.6 Å². The van der Waals surface area contributed by atoms with Gasteiger partial charge >= 0.3 is 0 Å². The summed E-state index contributed by atoms with van der Waals surface area (Å²) >= 11 is 0. The zero-order chi connectivity index (χ0) is 24.8. The highest BCUT2D eigenvalue weighted by atomic mass is 32.2. The molecule has 0 saturated carbocycles. The van der Waals surface area contributed by atoms with E-state index in [2.05, 4.69) is 10.3 Å². The minimum Gasteiger partial charge on any atom is -0.457 e. The topological polar surface area (TPSA) is 135 Å². The van der Waals surface area contributed by atoms with Crippen LogP contribution < -0.4 is 15.5 Å². The number of hydrogen-bond acceptors (Lipinski definition) is 7. The number of fused-ring (bicyclic) bond motifs is 1. The van der Waals surface area contributed by atoms with Crippen molar-refractivity contribution in [3.63, 3.8) is 0 Å². The van der Waals surface area contributed by atoms with Gasteiger partial charge in [-0.05, 0) is 48.5 Å². The molecule has 1 aromatic heterocycles. The highest BCUT2D eigenvalue weighted by Gasteiger charge is 2.29. The van der Waals surface area contributed by atoms with E-state index in [9.17, 15) is 18.0 Å². The molecule has 0 spiro atoms. The van der Waals surface area contributed by atoms with Gasteiger partial charge in [-0.15, -0.1) is 0 Å². The van der Waals surface area contributed by atoms with Crippen LogP contribution in [0.3, 0.4) is 0 Å². The van der Waals surface area contributed by atoms with Gasteiger partial charge in [0.15, 0.2) is 9.84 Å². The van der Waals surface area contributed by atoms with Crippen LogP contribution in [0.5, 0.6) is 11.5 Å². The number of hydrogen-bond donors (Lipinski definition) is 3. The van der Waals surface area contributed by atoms with Crippen molar-refractivity contribution >= 4 is 32.6 Å². The maximum absolute atomic E-state index is 13.0. The maximum atomic E-state index is 13.0. The molecule has 9 nitrogen and oxygen atoms in total. The Kier molecular flexibility index (Phi) is 7.04. The molecule has 178 valence electrons. The minimum atomic E-state index is -4.03. The van der Waals surface area contributed by atoms with Crippen LogP contribution in [0.2, 0.25) is 0 Å². The number of carbonyl (C=O) groups excluding carboxylic acids is 2. The van der Waals surface area contributed by atoms with E-state index in [4.69, 9.17) is 9.94 Å². The van der Waals surface area contributed by atoms with Crippen molar-refractivity contribution < 1.29 is 28.0 Å². The van der Waals surface area contributed by atoms with Gasteiger partial charge in [0, 0.05) is 11.6 Å². The number of aromatic nitrogens is 1. The number of ether oxygens (including phenoxy) is 1. The second-order valence-electron chi connectivity index (χ2n) is 7.55. The number of sulfone groups is 1. The molecule has 35 heavy (non-hydrogen) atoms. The molecule has 0 radical (unpaired) electrons. The van der Waals surface area contributed by atoms with Crippen LogP contribution in [0.4, 0.5) is 0 Å². The van der Waals surface area contributed by atoms with Crippen LogP contribution in [0.1, 0.15) is 10.4 Å². The molecule has 3 N–H and O–H groups in total. The SMILES string of the molecule is O=C(N[C@@H](CS(=O)(=O)c1ccc(Oc2ccccc2)cc1)C(=O)NO)c1ccnc2ccccc12. The predicted octanol–water partition coefficient (Wildman–Crippen LogP) is 3.10. The van der Waals surface area contributed by atoms with Crippen molar-refractivity contribution in [2.75, 3.05) is 5.75 Å². The Bertz CT molecular complexity index is 1450. The standard InChI is InChI=1S/C25H21N3O6S/c29-24(21-14-15-26-22-9-5-4-8-20(21)22)27-23(25(30)28-31)16-35(32,33)19-12-10-18(11-13-19)34-17-6-2-1-3-7-17/h1-15,23,31H,16H2,(H,27,29)(H,28,30)/t23-/m0/s1. The van der Waals surface area contributed by atoms with Crippen LogP contribution in [0.25, 0.3) is 10.9 Å². The summed E-state index contributed by atoms with van der Waals surface area (Å²) in [7, 11) is -4.03. The van der Waals surface area contributed by atoms with E-state index in [1.165, 1.54) is 42.0 Å². The Balaban J connectivity index is 1.52. The average molecular weight is 492 g/mol. The van der Waals surface area contributed by atoms with Gasteiger partial charge in [0.2, 0.25) is 0 Å². The van der Waals surface area contributed by atoms with Crippen molar-refractivity contribution in [2.24, 2.45) is 0 Å². The molecule has 0 bridgehead atoms. The first-order valence-corrected chi connectivity index (χ1v) is 12.2. The number of para-hydroxylation sites is 2. The second-order valence-corrected chi connectivity index (χ2v) is 9.58. The van der Waals surface area contributed by atoms with E-state index in [-0.39, 0.29) is 10.5 Å². The fraction of sp³-hybridized carbons (Fsp3) is 0.0800. The predicted molar refractivity (Wildman–Crippen MR) is 128 cm³/mol. The molecule has 4 aromatic rings. The van der Waals surface area contributed by atoms with Crippen molar-refractivity contribution in [1.29, 1.82) is 0 Å². The van der Waals surface area contributed by atoms with E-state index in [1.807, 2.05) is 18.2 Å². The molecule has 0 saturated heterocycles. The summed E-state index contributed by atoms with van der Waals surface area (Å²) in [6, 6.07) is 21.5. The van der Waals surface area contributed by atoms with E-state index >= 15 is 0 Å². The normalized spacial score (nSPS) is 12.0. The largest absolute Gasteiger partial charge is 0.457 e. The first kappa shape index (κ1) is 23.9. The number of hydroxylamine groups is 1. The molecule has 0 aliphatic heterocycles. The number of rotatable bonds is 8. The molecule has 2 amide bonds. The van der Waals surface area contributed by atoms with Crippen LogP contribution >= 0.6 is 0 Å². The molecule has 1 atom stereocenters. The Morgan fingerprint density at radius 1 is 0.886 bits per heavy atom. The molecule has 0 fully saturated rings. The molecule has 0 aliphatic rings. The molecule has 1 heterocycles. The molecule has 3 aromatic carbocycles. The highest BCUT2D eigenvalue weighted by Crippen LogP contribution is 2.23. The van der Waals surface area contributed by atoms with Gasteiger partial charge in [-0.3, -0.25) is 19.8 Å². The van der Waals surface area contributed by atoms with Gasteiger partial charge in [0.25, 0.3) is 11.8 Å². The molecule has 0 aliphatic carbocycles. The molecule has 4 rings (SSSR count). The third-order valence-electron chi connectivity index (χ3n) is 5.17. The van der Waals surface area contributed by atoms with Crippen LogP contribution in [0.15, 0.2) is 96.0 Å². The Morgan fingerprint density at radius 3 is 2.26 bits per heavy atom. The van der Waals surface area contributed by atoms with Crippen LogP contribution in [-0.4, -0.2) is 42.2 Å². The zero-order valence-electron chi connectivity index (χ0n) is 18.3. The first-order valence-electron chi connectivity index (χ1n) is 10.5. The van der Waals surface area contributed by atoms with Gasteiger partial charge in [0.05, 0.1) is 21.7 Å². The lowest BCUT2D eigenvalue weighted by Gasteiger charge is -2.18. The molecular formula is C25H21N3O6S. The van der Waals surface area contributed by atoms with Crippen molar-refractivity contribution in [3.05, 3.63) is 96.7 Å². The summed E-state index contributed by atoms with van der Waals surface area (Å²) in [5.74, 6) is -1.50. The third kappa shape index (κ3) is 5.62. The van der Waals surface area contributed by atoms with Gasteiger partial charge in [-0.2, -0.15) is 0 Å². The van der Waals surface area contributed by atoms with E-state index in [1.54, 1.807) is 36.4 Å². The average Bonchev–Trinajstić information content (AvgIpc) is 2.88. The van der Waals surface area contributed by atoms with Crippen molar-refractivity contribution in [3.8, 4) is 11.5 Å². The lowest BCUT2D eigenvalue weighted by Crippen LogP contribution is -2.49. The minimum absolute atomic E-state index is 0.0720. The lowest BCUT2D eigenvalue weighted by molar-refractivity contribution is -0.130. The number of benzene rings is 3. The van der Waals surface area contributed by atoms with E-state index < -0.39 is 33.4 Å².